The molecule has 1 amide bonds. The van der Waals surface area contributed by atoms with Crippen LogP contribution in [0.2, 0.25) is 0 Å². The molecular formula is C20H24FN2O+. The van der Waals surface area contributed by atoms with Crippen LogP contribution in [-0.4, -0.2) is 19.5 Å². The number of benzene rings is 2. The summed E-state index contributed by atoms with van der Waals surface area (Å²) in [6.07, 6.45) is 3.34. The second-order valence-corrected chi connectivity index (χ2v) is 6.70. The van der Waals surface area contributed by atoms with E-state index >= 15 is 0 Å². The van der Waals surface area contributed by atoms with Crippen LogP contribution >= 0.6 is 0 Å². The molecule has 2 atom stereocenters. The van der Waals surface area contributed by atoms with Crippen molar-refractivity contribution >= 4 is 11.6 Å². The zero-order chi connectivity index (χ0) is 17.1. The molecule has 2 N–H and O–H groups in total. The van der Waals surface area contributed by atoms with E-state index in [2.05, 4.69) is 29.6 Å². The Balaban J connectivity index is 1.67. The molecule has 126 valence electrons. The highest BCUT2D eigenvalue weighted by atomic mass is 19.1. The Labute approximate surface area is 142 Å². The van der Waals surface area contributed by atoms with E-state index in [9.17, 15) is 9.18 Å². The van der Waals surface area contributed by atoms with Crippen LogP contribution in [0.15, 0.2) is 42.5 Å². The van der Waals surface area contributed by atoms with E-state index in [1.807, 2.05) is 14.0 Å². The first-order valence-corrected chi connectivity index (χ1v) is 8.50. The SMILES string of the molecule is Cc1ccc(NC(=O)C[NH+](C)[C@@H]2CCCc3ccccc32)c(F)c1. The summed E-state index contributed by atoms with van der Waals surface area (Å²) in [4.78, 5) is 13.5. The van der Waals surface area contributed by atoms with E-state index < -0.39 is 0 Å². The summed E-state index contributed by atoms with van der Waals surface area (Å²) in [5.74, 6) is -0.540. The number of rotatable bonds is 4. The van der Waals surface area contributed by atoms with Crippen LogP contribution in [0.1, 0.15) is 35.6 Å². The summed E-state index contributed by atoms with van der Waals surface area (Å²) in [6.45, 7) is 2.15. The monoisotopic (exact) mass is 327 g/mol. The molecule has 24 heavy (non-hydrogen) atoms. The van der Waals surface area contributed by atoms with Gasteiger partial charge in [-0.2, -0.15) is 0 Å². The zero-order valence-corrected chi connectivity index (χ0v) is 14.2. The lowest BCUT2D eigenvalue weighted by Crippen LogP contribution is -3.10. The average molecular weight is 327 g/mol. The summed E-state index contributed by atoms with van der Waals surface area (Å²) < 4.78 is 13.9. The van der Waals surface area contributed by atoms with Crippen LogP contribution in [-0.2, 0) is 11.2 Å². The Morgan fingerprint density at radius 2 is 2.08 bits per heavy atom. The minimum Gasteiger partial charge on any atom is -0.323 e. The van der Waals surface area contributed by atoms with Gasteiger partial charge in [-0.25, -0.2) is 4.39 Å². The van der Waals surface area contributed by atoms with Crippen LogP contribution < -0.4 is 10.2 Å². The molecule has 0 saturated carbocycles. The van der Waals surface area contributed by atoms with Crippen molar-refractivity contribution in [2.75, 3.05) is 18.9 Å². The fourth-order valence-electron chi connectivity index (χ4n) is 3.56. The highest BCUT2D eigenvalue weighted by molar-refractivity contribution is 5.91. The normalized spacial score (nSPS) is 17.9. The topological polar surface area (TPSA) is 33.5 Å². The lowest BCUT2D eigenvalue weighted by molar-refractivity contribution is -0.905. The number of anilines is 1. The third-order valence-corrected chi connectivity index (χ3v) is 4.80. The fraction of sp³-hybridized carbons (Fsp3) is 0.350. The molecule has 2 aromatic rings. The molecule has 0 fully saturated rings. The third-order valence-electron chi connectivity index (χ3n) is 4.80. The number of quaternary nitrogens is 1. The highest BCUT2D eigenvalue weighted by Gasteiger charge is 2.28. The number of carbonyl (C=O) groups is 1. The van der Waals surface area contributed by atoms with Crippen LogP contribution in [0.5, 0.6) is 0 Å². The molecule has 0 aromatic heterocycles. The second-order valence-electron chi connectivity index (χ2n) is 6.70. The number of fused-ring (bicyclic) bond motifs is 1. The molecule has 0 heterocycles. The third kappa shape index (κ3) is 3.65. The number of hydrogen-bond donors (Lipinski definition) is 2. The van der Waals surface area contributed by atoms with Gasteiger partial charge in [-0.3, -0.25) is 4.79 Å². The van der Waals surface area contributed by atoms with Crippen LogP contribution in [0.3, 0.4) is 0 Å². The van der Waals surface area contributed by atoms with Crippen molar-refractivity contribution in [1.29, 1.82) is 0 Å². The van der Waals surface area contributed by atoms with Crippen molar-refractivity contribution < 1.29 is 14.1 Å². The van der Waals surface area contributed by atoms with Gasteiger partial charge in [-0.1, -0.05) is 30.3 Å². The molecule has 0 radical (unpaired) electrons. The predicted octanol–water partition coefficient (Wildman–Crippen LogP) is 2.66. The Kier molecular flexibility index (Phi) is 4.95. The van der Waals surface area contributed by atoms with E-state index in [-0.39, 0.29) is 17.4 Å². The van der Waals surface area contributed by atoms with Gasteiger partial charge in [0.2, 0.25) is 0 Å². The van der Waals surface area contributed by atoms with Gasteiger partial charge >= 0.3 is 0 Å². The second kappa shape index (κ2) is 7.14. The lowest BCUT2D eigenvalue weighted by Gasteiger charge is -2.30. The largest absolute Gasteiger partial charge is 0.323 e. The van der Waals surface area contributed by atoms with Crippen molar-refractivity contribution in [2.45, 2.75) is 32.2 Å². The summed E-state index contributed by atoms with van der Waals surface area (Å²) in [6, 6.07) is 13.7. The maximum absolute atomic E-state index is 13.9. The van der Waals surface area contributed by atoms with E-state index in [1.165, 1.54) is 17.2 Å². The van der Waals surface area contributed by atoms with Crippen molar-refractivity contribution in [2.24, 2.45) is 0 Å². The minimum absolute atomic E-state index is 0.154. The van der Waals surface area contributed by atoms with Gasteiger partial charge in [-0.05, 0) is 43.0 Å². The number of amides is 1. The van der Waals surface area contributed by atoms with E-state index in [4.69, 9.17) is 0 Å². The first-order chi connectivity index (χ1) is 11.5. The van der Waals surface area contributed by atoms with Crippen molar-refractivity contribution in [3.8, 4) is 0 Å². The average Bonchev–Trinajstić information content (AvgIpc) is 2.57. The smallest absolute Gasteiger partial charge is 0.279 e. The molecular weight excluding hydrogens is 303 g/mol. The molecule has 1 aliphatic carbocycles. The summed E-state index contributed by atoms with van der Waals surface area (Å²) in [5.41, 5.74) is 3.82. The number of likely N-dealkylation sites (N-methyl/N-ethyl adjacent to an activating group) is 1. The van der Waals surface area contributed by atoms with Gasteiger partial charge < -0.3 is 10.2 Å². The first-order valence-electron chi connectivity index (χ1n) is 8.50. The lowest BCUT2D eigenvalue weighted by atomic mass is 9.87. The van der Waals surface area contributed by atoms with Gasteiger partial charge in [-0.15, -0.1) is 0 Å². The van der Waals surface area contributed by atoms with E-state index in [0.29, 0.717) is 12.6 Å². The fourth-order valence-corrected chi connectivity index (χ4v) is 3.56. The van der Waals surface area contributed by atoms with Crippen LogP contribution in [0, 0.1) is 12.7 Å². The summed E-state index contributed by atoms with van der Waals surface area (Å²) in [5, 5.41) is 2.70. The van der Waals surface area contributed by atoms with Crippen molar-refractivity contribution in [3.05, 3.63) is 65.0 Å². The summed E-state index contributed by atoms with van der Waals surface area (Å²) >= 11 is 0. The van der Waals surface area contributed by atoms with Gasteiger partial charge in [0, 0.05) is 12.0 Å². The number of nitrogens with one attached hydrogen (secondary N) is 2. The molecule has 4 heteroatoms. The highest BCUT2D eigenvalue weighted by Crippen LogP contribution is 2.27. The van der Waals surface area contributed by atoms with Gasteiger partial charge in [0.1, 0.15) is 11.9 Å². The number of carbonyl (C=O) groups excluding carboxylic acids is 1. The molecule has 2 aromatic carbocycles. The van der Waals surface area contributed by atoms with Gasteiger partial charge in [0.05, 0.1) is 12.7 Å². The molecule has 1 aliphatic rings. The van der Waals surface area contributed by atoms with Crippen LogP contribution in [0.4, 0.5) is 10.1 Å². The van der Waals surface area contributed by atoms with E-state index in [0.717, 1.165) is 29.7 Å². The Bertz CT molecular complexity index is 744. The molecule has 3 rings (SSSR count). The number of aryl methyl sites for hydroxylation is 2. The Morgan fingerprint density at radius 3 is 2.88 bits per heavy atom. The first kappa shape index (κ1) is 16.7. The Morgan fingerprint density at radius 1 is 1.29 bits per heavy atom. The van der Waals surface area contributed by atoms with Crippen molar-refractivity contribution in [3.63, 3.8) is 0 Å². The number of halogens is 1. The maximum Gasteiger partial charge on any atom is 0.279 e. The molecule has 0 spiro atoms. The maximum atomic E-state index is 13.9. The molecule has 1 unspecified atom stereocenters. The quantitative estimate of drug-likeness (QED) is 0.889. The Hall–Kier alpha value is -2.20. The predicted molar refractivity (Wildman–Crippen MR) is 93.6 cm³/mol. The van der Waals surface area contributed by atoms with E-state index in [1.54, 1.807) is 12.1 Å². The molecule has 0 saturated heterocycles. The zero-order valence-electron chi connectivity index (χ0n) is 14.2. The standard InChI is InChI=1S/C20H23FN2O/c1-14-10-11-18(17(21)12-14)22-20(24)13-23(2)19-9-5-7-15-6-3-4-8-16(15)19/h3-4,6,8,10-12,19H,5,7,9,13H2,1-2H3,(H,22,24)/p+1/t19-/m1/s1. The van der Waals surface area contributed by atoms with Crippen LogP contribution in [0.25, 0.3) is 0 Å². The summed E-state index contributed by atoms with van der Waals surface area (Å²) in [7, 11) is 2.04. The van der Waals surface area contributed by atoms with Gasteiger partial charge in [0.15, 0.2) is 6.54 Å². The molecule has 0 aliphatic heterocycles. The van der Waals surface area contributed by atoms with Crippen molar-refractivity contribution in [1.82, 2.24) is 0 Å². The molecule has 3 nitrogen and oxygen atoms in total. The van der Waals surface area contributed by atoms with Gasteiger partial charge in [0.25, 0.3) is 5.91 Å². The minimum atomic E-state index is -0.385. The molecule has 0 bridgehead atoms. The number of hydrogen-bond acceptors (Lipinski definition) is 1.